The van der Waals surface area contributed by atoms with Gasteiger partial charge in [0.1, 0.15) is 5.60 Å². The first kappa shape index (κ1) is 26.8. The number of carbonyl (C=O) groups excluding carboxylic acids is 2. The molecule has 8 nitrogen and oxygen atoms in total. The Kier molecular flexibility index (Phi) is 11.2. The Morgan fingerprint density at radius 3 is 2.30 bits per heavy atom. The summed E-state index contributed by atoms with van der Waals surface area (Å²) >= 11 is 0. The highest BCUT2D eigenvalue weighted by atomic mass is 127. The molecule has 0 aromatic rings. The molecule has 30 heavy (non-hydrogen) atoms. The van der Waals surface area contributed by atoms with Gasteiger partial charge in [-0.2, -0.15) is 0 Å². The monoisotopic (exact) mass is 537 g/mol. The zero-order valence-corrected chi connectivity index (χ0v) is 21.5. The Morgan fingerprint density at radius 1 is 1.07 bits per heavy atom. The van der Waals surface area contributed by atoms with Crippen molar-refractivity contribution in [3.05, 3.63) is 0 Å². The first-order valence-corrected chi connectivity index (χ1v) is 10.9. The zero-order chi connectivity index (χ0) is 21.4. The number of rotatable bonds is 4. The maximum Gasteiger partial charge on any atom is 0.410 e. The van der Waals surface area contributed by atoms with Gasteiger partial charge in [-0.05, 0) is 58.3 Å². The van der Waals surface area contributed by atoms with Crippen LogP contribution in [0.25, 0.3) is 0 Å². The van der Waals surface area contributed by atoms with Crippen molar-refractivity contribution in [3.63, 3.8) is 0 Å². The van der Waals surface area contributed by atoms with Gasteiger partial charge in [0.25, 0.3) is 0 Å². The highest BCUT2D eigenvalue weighted by molar-refractivity contribution is 14.0. The van der Waals surface area contributed by atoms with Gasteiger partial charge in [-0.3, -0.25) is 9.79 Å². The molecule has 1 atom stereocenters. The average Bonchev–Trinajstić information content (AvgIpc) is 2.68. The lowest BCUT2D eigenvalue weighted by Crippen LogP contribution is -2.49. The molecule has 2 amide bonds. The summed E-state index contributed by atoms with van der Waals surface area (Å²) < 4.78 is 5.52. The normalized spacial score (nSPS) is 21.0. The lowest BCUT2D eigenvalue weighted by molar-refractivity contribution is -0.121. The standard InChI is InChI=1S/C21H39N5O3.HI/c1-21(2,3)29-20(28)26-10-6-7-17(15-26)14-24-19(23-5)25-11-8-16(9-12-25)13-18(27)22-4;/h16-17H,6-15H2,1-5H3,(H,22,27)(H,23,24);1H. The SMILES string of the molecule is CN=C(NCC1CCCN(C(=O)OC(C)(C)C)C1)N1CCC(CC(=O)NC)CC1.I. The Morgan fingerprint density at radius 2 is 1.73 bits per heavy atom. The molecule has 0 aromatic carbocycles. The summed E-state index contributed by atoms with van der Waals surface area (Å²) in [6, 6.07) is 0. The van der Waals surface area contributed by atoms with Crippen LogP contribution in [0.15, 0.2) is 4.99 Å². The number of nitrogens with zero attached hydrogens (tertiary/aromatic N) is 3. The van der Waals surface area contributed by atoms with E-state index in [-0.39, 0.29) is 36.0 Å². The second-order valence-electron chi connectivity index (χ2n) is 9.17. The summed E-state index contributed by atoms with van der Waals surface area (Å²) in [6.07, 6.45) is 4.49. The smallest absolute Gasteiger partial charge is 0.410 e. The van der Waals surface area contributed by atoms with E-state index in [9.17, 15) is 9.59 Å². The van der Waals surface area contributed by atoms with Gasteiger partial charge in [-0.15, -0.1) is 24.0 Å². The predicted molar refractivity (Wildman–Crippen MR) is 130 cm³/mol. The van der Waals surface area contributed by atoms with Gasteiger partial charge in [0.05, 0.1) is 0 Å². The van der Waals surface area contributed by atoms with Crippen LogP contribution in [0.2, 0.25) is 0 Å². The first-order valence-electron chi connectivity index (χ1n) is 10.9. The number of halogens is 1. The van der Waals surface area contributed by atoms with Crippen LogP contribution >= 0.6 is 24.0 Å². The van der Waals surface area contributed by atoms with E-state index in [1.807, 2.05) is 32.7 Å². The third-order valence-electron chi connectivity index (χ3n) is 5.60. The summed E-state index contributed by atoms with van der Waals surface area (Å²) in [5.41, 5.74) is -0.464. The molecule has 0 bridgehead atoms. The van der Waals surface area contributed by atoms with Crippen molar-refractivity contribution in [3.8, 4) is 0 Å². The molecule has 9 heteroatoms. The molecule has 1 unspecified atom stereocenters. The van der Waals surface area contributed by atoms with E-state index in [4.69, 9.17) is 4.74 Å². The number of carbonyl (C=O) groups is 2. The van der Waals surface area contributed by atoms with E-state index in [0.29, 0.717) is 24.8 Å². The molecule has 2 fully saturated rings. The second kappa shape index (κ2) is 12.6. The predicted octanol–water partition coefficient (Wildman–Crippen LogP) is 2.68. The number of piperidine rings is 2. The van der Waals surface area contributed by atoms with Crippen LogP contribution in [0.4, 0.5) is 4.79 Å². The Hall–Kier alpha value is -1.26. The van der Waals surface area contributed by atoms with Crippen molar-refractivity contribution in [1.82, 2.24) is 20.4 Å². The molecule has 0 aliphatic carbocycles. The number of guanidine groups is 1. The van der Waals surface area contributed by atoms with E-state index in [1.165, 1.54) is 0 Å². The minimum Gasteiger partial charge on any atom is -0.444 e. The van der Waals surface area contributed by atoms with E-state index in [0.717, 1.165) is 57.8 Å². The lowest BCUT2D eigenvalue weighted by Gasteiger charge is -2.36. The molecule has 0 saturated carbocycles. The van der Waals surface area contributed by atoms with Crippen LogP contribution < -0.4 is 10.6 Å². The summed E-state index contributed by atoms with van der Waals surface area (Å²) in [5.74, 6) is 1.87. The molecule has 2 heterocycles. The van der Waals surface area contributed by atoms with Crippen LogP contribution in [0.5, 0.6) is 0 Å². The molecule has 0 spiro atoms. The largest absolute Gasteiger partial charge is 0.444 e. The van der Waals surface area contributed by atoms with Crippen molar-refractivity contribution in [2.24, 2.45) is 16.8 Å². The quantitative estimate of drug-likeness (QED) is 0.327. The summed E-state index contributed by atoms with van der Waals surface area (Å²) in [6.45, 7) is 9.80. The number of ether oxygens (including phenoxy) is 1. The third kappa shape index (κ3) is 8.85. The molecule has 2 aliphatic heterocycles. The Labute approximate surface area is 198 Å². The molecule has 2 saturated heterocycles. The molecular weight excluding hydrogens is 497 g/mol. The van der Waals surface area contributed by atoms with Gasteiger partial charge >= 0.3 is 6.09 Å². The molecule has 2 rings (SSSR count). The van der Waals surface area contributed by atoms with Gasteiger partial charge in [0.2, 0.25) is 5.91 Å². The molecule has 174 valence electrons. The minimum atomic E-state index is -0.464. The van der Waals surface area contributed by atoms with Crippen LogP contribution in [0, 0.1) is 11.8 Å². The summed E-state index contributed by atoms with van der Waals surface area (Å²) in [5, 5.41) is 6.21. The van der Waals surface area contributed by atoms with E-state index in [1.54, 1.807) is 7.05 Å². The van der Waals surface area contributed by atoms with E-state index < -0.39 is 5.60 Å². The molecular formula is C21H40IN5O3. The van der Waals surface area contributed by atoms with Crippen LogP contribution in [-0.2, 0) is 9.53 Å². The van der Waals surface area contributed by atoms with Gasteiger partial charge in [-0.1, -0.05) is 0 Å². The topological polar surface area (TPSA) is 86.3 Å². The minimum absolute atomic E-state index is 0. The molecule has 0 aromatic heterocycles. The fourth-order valence-corrected chi connectivity index (χ4v) is 4.01. The zero-order valence-electron chi connectivity index (χ0n) is 19.2. The number of amides is 2. The average molecular weight is 537 g/mol. The molecule has 0 radical (unpaired) electrons. The van der Waals surface area contributed by atoms with Gasteiger partial charge in [0, 0.05) is 53.2 Å². The van der Waals surface area contributed by atoms with Crippen LogP contribution in [0.3, 0.4) is 0 Å². The molecule has 2 aliphatic rings. The number of likely N-dealkylation sites (tertiary alicyclic amines) is 2. The first-order chi connectivity index (χ1) is 13.7. The number of nitrogens with one attached hydrogen (secondary N) is 2. The summed E-state index contributed by atoms with van der Waals surface area (Å²) in [4.78, 5) is 32.5. The van der Waals surface area contributed by atoms with Gasteiger partial charge in [0.15, 0.2) is 5.96 Å². The lowest BCUT2D eigenvalue weighted by atomic mass is 9.93. The van der Waals surface area contributed by atoms with E-state index >= 15 is 0 Å². The van der Waals surface area contributed by atoms with Crippen molar-refractivity contribution in [1.29, 1.82) is 0 Å². The number of hydrogen-bond acceptors (Lipinski definition) is 4. The Bertz CT molecular complexity index is 586. The van der Waals surface area contributed by atoms with E-state index in [2.05, 4.69) is 20.5 Å². The fraction of sp³-hybridized carbons (Fsp3) is 0.857. The van der Waals surface area contributed by atoms with Gasteiger partial charge in [-0.25, -0.2) is 4.79 Å². The van der Waals surface area contributed by atoms with Crippen molar-refractivity contribution >= 4 is 41.9 Å². The van der Waals surface area contributed by atoms with Crippen LogP contribution in [-0.4, -0.2) is 80.2 Å². The highest BCUT2D eigenvalue weighted by Gasteiger charge is 2.28. The Balaban J connectivity index is 0.00000450. The maximum atomic E-state index is 12.4. The summed E-state index contributed by atoms with van der Waals surface area (Å²) in [7, 11) is 3.51. The van der Waals surface area contributed by atoms with Gasteiger partial charge < -0.3 is 25.2 Å². The third-order valence-corrected chi connectivity index (χ3v) is 5.60. The van der Waals surface area contributed by atoms with Crippen molar-refractivity contribution in [2.75, 3.05) is 46.8 Å². The van der Waals surface area contributed by atoms with Crippen molar-refractivity contribution in [2.45, 2.75) is 58.5 Å². The fourth-order valence-electron chi connectivity index (χ4n) is 4.01. The molecule has 2 N–H and O–H groups in total. The van der Waals surface area contributed by atoms with Crippen LogP contribution in [0.1, 0.15) is 52.9 Å². The number of hydrogen-bond donors (Lipinski definition) is 2. The highest BCUT2D eigenvalue weighted by Crippen LogP contribution is 2.21. The van der Waals surface area contributed by atoms with Crippen molar-refractivity contribution < 1.29 is 14.3 Å². The maximum absolute atomic E-state index is 12.4. The second-order valence-corrected chi connectivity index (χ2v) is 9.17. The number of aliphatic imine (C=N–C) groups is 1.